The molecular formula is C18H21NO. The van der Waals surface area contributed by atoms with Crippen LogP contribution in [0.15, 0.2) is 54.6 Å². The molecule has 1 N–H and O–H groups in total. The van der Waals surface area contributed by atoms with E-state index in [0.29, 0.717) is 12.2 Å². The summed E-state index contributed by atoms with van der Waals surface area (Å²) in [5.74, 6) is 0. The summed E-state index contributed by atoms with van der Waals surface area (Å²) < 4.78 is 5.81. The van der Waals surface area contributed by atoms with Crippen molar-refractivity contribution >= 4 is 5.69 Å². The van der Waals surface area contributed by atoms with Gasteiger partial charge in [-0.15, -0.1) is 0 Å². The standard InChI is InChI=1S/C18H21NO/c1-14-7-12-18(20-14)13-19-17-10-8-16(9-11-17)15-5-3-2-4-6-15/h2-6,8-11,14,18-19H,7,12-13H2,1H3. The number of nitrogens with one attached hydrogen (secondary N) is 1. The molecule has 2 heteroatoms. The summed E-state index contributed by atoms with van der Waals surface area (Å²) in [5, 5.41) is 3.46. The van der Waals surface area contributed by atoms with E-state index in [-0.39, 0.29) is 0 Å². The highest BCUT2D eigenvalue weighted by atomic mass is 16.5. The summed E-state index contributed by atoms with van der Waals surface area (Å²) in [6.45, 7) is 3.05. The van der Waals surface area contributed by atoms with Gasteiger partial charge >= 0.3 is 0 Å². The third-order valence-corrected chi connectivity index (χ3v) is 3.85. The van der Waals surface area contributed by atoms with Gasteiger partial charge in [0, 0.05) is 12.2 Å². The summed E-state index contributed by atoms with van der Waals surface area (Å²) >= 11 is 0. The average Bonchev–Trinajstić information content (AvgIpc) is 2.92. The van der Waals surface area contributed by atoms with Crippen LogP contribution in [0.2, 0.25) is 0 Å². The molecule has 104 valence electrons. The minimum absolute atomic E-state index is 0.360. The first-order valence-electron chi connectivity index (χ1n) is 7.36. The van der Waals surface area contributed by atoms with Crippen LogP contribution >= 0.6 is 0 Å². The van der Waals surface area contributed by atoms with E-state index in [2.05, 4.69) is 60.8 Å². The molecule has 2 unspecified atom stereocenters. The van der Waals surface area contributed by atoms with E-state index in [0.717, 1.165) is 18.7 Å². The van der Waals surface area contributed by atoms with E-state index in [4.69, 9.17) is 4.74 Å². The number of hydrogen-bond acceptors (Lipinski definition) is 2. The van der Waals surface area contributed by atoms with E-state index in [1.54, 1.807) is 0 Å². The van der Waals surface area contributed by atoms with Gasteiger partial charge in [0.05, 0.1) is 12.2 Å². The minimum Gasteiger partial charge on any atom is -0.382 e. The fourth-order valence-corrected chi connectivity index (χ4v) is 2.68. The Balaban J connectivity index is 1.59. The minimum atomic E-state index is 0.360. The molecule has 0 amide bonds. The molecule has 2 aromatic carbocycles. The molecule has 1 aliphatic rings. The Hall–Kier alpha value is -1.80. The Kier molecular flexibility index (Phi) is 4.03. The van der Waals surface area contributed by atoms with E-state index < -0.39 is 0 Å². The molecule has 20 heavy (non-hydrogen) atoms. The van der Waals surface area contributed by atoms with Crippen molar-refractivity contribution in [3.8, 4) is 11.1 Å². The molecule has 2 aromatic rings. The van der Waals surface area contributed by atoms with Crippen molar-refractivity contribution in [2.24, 2.45) is 0 Å². The third kappa shape index (κ3) is 3.20. The van der Waals surface area contributed by atoms with E-state index in [1.165, 1.54) is 17.5 Å². The van der Waals surface area contributed by atoms with Crippen LogP contribution in [0.4, 0.5) is 5.69 Å². The van der Waals surface area contributed by atoms with Gasteiger partial charge in [0.15, 0.2) is 0 Å². The van der Waals surface area contributed by atoms with Crippen molar-refractivity contribution in [2.75, 3.05) is 11.9 Å². The Morgan fingerprint density at radius 3 is 2.30 bits per heavy atom. The first-order chi connectivity index (χ1) is 9.81. The molecule has 1 aliphatic heterocycles. The van der Waals surface area contributed by atoms with Crippen LogP contribution in [0.5, 0.6) is 0 Å². The van der Waals surface area contributed by atoms with Gasteiger partial charge in [-0.1, -0.05) is 42.5 Å². The molecule has 0 saturated carbocycles. The molecule has 0 aromatic heterocycles. The summed E-state index contributed by atoms with van der Waals surface area (Å²) in [4.78, 5) is 0. The number of benzene rings is 2. The topological polar surface area (TPSA) is 21.3 Å². The van der Waals surface area contributed by atoms with Crippen molar-refractivity contribution in [1.82, 2.24) is 0 Å². The Morgan fingerprint density at radius 1 is 0.950 bits per heavy atom. The highest BCUT2D eigenvalue weighted by molar-refractivity contribution is 5.65. The number of ether oxygens (including phenoxy) is 1. The SMILES string of the molecule is CC1CCC(CNc2ccc(-c3ccccc3)cc2)O1. The van der Waals surface area contributed by atoms with Crippen LogP contribution in [0.3, 0.4) is 0 Å². The molecule has 2 atom stereocenters. The zero-order chi connectivity index (χ0) is 13.8. The molecule has 0 aliphatic carbocycles. The van der Waals surface area contributed by atoms with Gasteiger partial charge in [0.1, 0.15) is 0 Å². The second-order valence-corrected chi connectivity index (χ2v) is 5.47. The highest BCUT2D eigenvalue weighted by Crippen LogP contribution is 2.22. The third-order valence-electron chi connectivity index (χ3n) is 3.85. The maximum absolute atomic E-state index is 5.81. The molecule has 1 saturated heterocycles. The molecule has 0 spiro atoms. The quantitative estimate of drug-likeness (QED) is 0.890. The second kappa shape index (κ2) is 6.10. The zero-order valence-electron chi connectivity index (χ0n) is 11.9. The molecule has 3 rings (SSSR count). The van der Waals surface area contributed by atoms with Gasteiger partial charge in [0.25, 0.3) is 0 Å². The molecule has 2 nitrogen and oxygen atoms in total. The van der Waals surface area contributed by atoms with Crippen molar-refractivity contribution in [3.05, 3.63) is 54.6 Å². The predicted molar refractivity (Wildman–Crippen MR) is 83.9 cm³/mol. The lowest BCUT2D eigenvalue weighted by Gasteiger charge is -2.13. The van der Waals surface area contributed by atoms with Gasteiger partial charge in [-0.25, -0.2) is 0 Å². The van der Waals surface area contributed by atoms with Crippen LogP contribution in [0.1, 0.15) is 19.8 Å². The Bertz CT molecular complexity index is 535. The maximum atomic E-state index is 5.81. The van der Waals surface area contributed by atoms with E-state index in [9.17, 15) is 0 Å². The number of anilines is 1. The predicted octanol–water partition coefficient (Wildman–Crippen LogP) is 4.33. The van der Waals surface area contributed by atoms with Crippen molar-refractivity contribution in [3.63, 3.8) is 0 Å². The Labute approximate surface area is 120 Å². The smallest absolute Gasteiger partial charge is 0.0751 e. The Morgan fingerprint density at radius 2 is 1.65 bits per heavy atom. The summed E-state index contributed by atoms with van der Waals surface area (Å²) in [6.07, 6.45) is 3.12. The van der Waals surface area contributed by atoms with Gasteiger partial charge in [0.2, 0.25) is 0 Å². The molecule has 1 heterocycles. The van der Waals surface area contributed by atoms with Gasteiger partial charge in [-0.05, 0) is 43.0 Å². The van der Waals surface area contributed by atoms with Crippen LogP contribution in [0, 0.1) is 0 Å². The normalized spacial score (nSPS) is 21.9. The summed E-state index contributed by atoms with van der Waals surface area (Å²) in [5.41, 5.74) is 3.67. The van der Waals surface area contributed by atoms with Crippen molar-refractivity contribution in [2.45, 2.75) is 32.0 Å². The van der Waals surface area contributed by atoms with Gasteiger partial charge in [-0.3, -0.25) is 0 Å². The van der Waals surface area contributed by atoms with Crippen LogP contribution in [0.25, 0.3) is 11.1 Å². The lowest BCUT2D eigenvalue weighted by Crippen LogP contribution is -2.19. The van der Waals surface area contributed by atoms with Gasteiger partial charge < -0.3 is 10.1 Å². The fourth-order valence-electron chi connectivity index (χ4n) is 2.68. The molecular weight excluding hydrogens is 246 g/mol. The van der Waals surface area contributed by atoms with Crippen molar-refractivity contribution in [1.29, 1.82) is 0 Å². The average molecular weight is 267 g/mol. The van der Waals surface area contributed by atoms with Crippen LogP contribution in [-0.2, 0) is 4.74 Å². The molecule has 0 radical (unpaired) electrons. The maximum Gasteiger partial charge on any atom is 0.0751 e. The number of hydrogen-bond donors (Lipinski definition) is 1. The van der Waals surface area contributed by atoms with Crippen LogP contribution in [-0.4, -0.2) is 18.8 Å². The van der Waals surface area contributed by atoms with Gasteiger partial charge in [-0.2, -0.15) is 0 Å². The van der Waals surface area contributed by atoms with E-state index in [1.807, 2.05) is 6.07 Å². The highest BCUT2D eigenvalue weighted by Gasteiger charge is 2.21. The second-order valence-electron chi connectivity index (χ2n) is 5.47. The largest absolute Gasteiger partial charge is 0.382 e. The lowest BCUT2D eigenvalue weighted by atomic mass is 10.1. The summed E-state index contributed by atoms with van der Waals surface area (Å²) in [6, 6.07) is 19.1. The van der Waals surface area contributed by atoms with E-state index >= 15 is 0 Å². The fraction of sp³-hybridized carbons (Fsp3) is 0.333. The van der Waals surface area contributed by atoms with Crippen molar-refractivity contribution < 1.29 is 4.74 Å². The number of rotatable bonds is 4. The van der Waals surface area contributed by atoms with Crippen LogP contribution < -0.4 is 5.32 Å². The summed E-state index contributed by atoms with van der Waals surface area (Å²) in [7, 11) is 0. The lowest BCUT2D eigenvalue weighted by molar-refractivity contribution is 0.0637. The molecule has 0 bridgehead atoms. The first kappa shape index (κ1) is 13.2. The molecule has 1 fully saturated rings. The first-order valence-corrected chi connectivity index (χ1v) is 7.36. The monoisotopic (exact) mass is 267 g/mol. The zero-order valence-corrected chi connectivity index (χ0v) is 11.9.